The molecule has 132 valence electrons. The molecule has 1 heterocycles. The summed E-state index contributed by atoms with van der Waals surface area (Å²) >= 11 is 0. The lowest BCUT2D eigenvalue weighted by molar-refractivity contribution is -0.286. The van der Waals surface area contributed by atoms with Gasteiger partial charge in [0.2, 0.25) is 0 Å². The summed E-state index contributed by atoms with van der Waals surface area (Å²) < 4.78 is 12.0. The molecule has 3 atom stereocenters. The van der Waals surface area contributed by atoms with Crippen LogP contribution >= 0.6 is 0 Å². The summed E-state index contributed by atoms with van der Waals surface area (Å²) in [5, 5.41) is 13.2. The van der Waals surface area contributed by atoms with Gasteiger partial charge < -0.3 is 9.47 Å². The second kappa shape index (κ2) is 8.11. The summed E-state index contributed by atoms with van der Waals surface area (Å²) in [5.74, 6) is -0.621. The van der Waals surface area contributed by atoms with Gasteiger partial charge in [0.1, 0.15) is 11.6 Å². The standard InChI is InChI=1S/C20H30N2O2/c1-5-6-10-13-20(4,15-21)22-17-14-23-19(2,3)24-18(17)16-11-8-7-9-12-16/h7-9,11-12,17-18,22H,5-6,10,13-14H2,1-4H3/t17-,18-,20+/m0/s1. The molecule has 1 saturated heterocycles. The highest BCUT2D eigenvalue weighted by atomic mass is 16.7. The molecule has 0 bridgehead atoms. The van der Waals surface area contributed by atoms with Crippen LogP contribution in [0.4, 0.5) is 0 Å². The van der Waals surface area contributed by atoms with Gasteiger partial charge in [-0.05, 0) is 32.8 Å². The largest absolute Gasteiger partial charge is 0.349 e. The maximum atomic E-state index is 9.68. The summed E-state index contributed by atoms with van der Waals surface area (Å²) in [7, 11) is 0. The third-order valence-electron chi connectivity index (χ3n) is 4.55. The van der Waals surface area contributed by atoms with Crippen molar-refractivity contribution in [2.75, 3.05) is 6.61 Å². The van der Waals surface area contributed by atoms with Crippen LogP contribution in [-0.2, 0) is 9.47 Å². The van der Waals surface area contributed by atoms with Crippen molar-refractivity contribution in [3.8, 4) is 6.07 Å². The van der Waals surface area contributed by atoms with Crippen molar-refractivity contribution in [1.82, 2.24) is 5.32 Å². The van der Waals surface area contributed by atoms with E-state index in [0.717, 1.165) is 31.2 Å². The number of nitrogens with zero attached hydrogens (tertiary/aromatic N) is 1. The van der Waals surface area contributed by atoms with Gasteiger partial charge in [0.05, 0.1) is 18.7 Å². The molecule has 1 N–H and O–H groups in total. The molecular weight excluding hydrogens is 300 g/mol. The Kier molecular flexibility index (Phi) is 6.40. The van der Waals surface area contributed by atoms with E-state index >= 15 is 0 Å². The lowest BCUT2D eigenvalue weighted by Crippen LogP contribution is -2.56. The van der Waals surface area contributed by atoms with E-state index in [9.17, 15) is 5.26 Å². The minimum atomic E-state index is -0.621. The molecule has 0 saturated carbocycles. The molecule has 1 aliphatic rings. The third-order valence-corrected chi connectivity index (χ3v) is 4.55. The summed E-state index contributed by atoms with van der Waals surface area (Å²) in [6, 6.07) is 12.6. The maximum Gasteiger partial charge on any atom is 0.163 e. The van der Waals surface area contributed by atoms with Crippen LogP contribution < -0.4 is 5.32 Å². The molecule has 1 aromatic carbocycles. The Hall–Kier alpha value is -1.41. The third kappa shape index (κ3) is 5.04. The predicted octanol–water partition coefficient (Wildman–Crippen LogP) is 4.33. The summed E-state index contributed by atoms with van der Waals surface area (Å²) in [6.45, 7) is 8.54. The maximum absolute atomic E-state index is 9.68. The average Bonchev–Trinajstić information content (AvgIpc) is 2.57. The van der Waals surface area contributed by atoms with Crippen molar-refractivity contribution in [3.63, 3.8) is 0 Å². The first-order valence-electron chi connectivity index (χ1n) is 8.95. The van der Waals surface area contributed by atoms with Gasteiger partial charge in [-0.15, -0.1) is 0 Å². The molecule has 4 nitrogen and oxygen atoms in total. The van der Waals surface area contributed by atoms with Crippen molar-refractivity contribution in [2.45, 2.75) is 76.9 Å². The number of benzene rings is 1. The fraction of sp³-hybridized carbons (Fsp3) is 0.650. The van der Waals surface area contributed by atoms with Gasteiger partial charge in [0.25, 0.3) is 0 Å². The first-order chi connectivity index (χ1) is 11.4. The number of rotatable bonds is 7. The molecule has 1 fully saturated rings. The van der Waals surface area contributed by atoms with Crippen LogP contribution in [0.15, 0.2) is 30.3 Å². The first kappa shape index (κ1) is 18.9. The van der Waals surface area contributed by atoms with Gasteiger partial charge in [-0.3, -0.25) is 5.32 Å². The highest BCUT2D eigenvalue weighted by molar-refractivity contribution is 5.21. The topological polar surface area (TPSA) is 54.3 Å². The molecule has 0 amide bonds. The van der Waals surface area contributed by atoms with E-state index in [1.165, 1.54) is 0 Å². The van der Waals surface area contributed by atoms with Crippen molar-refractivity contribution in [2.24, 2.45) is 0 Å². The molecule has 2 rings (SSSR count). The van der Waals surface area contributed by atoms with E-state index in [4.69, 9.17) is 9.47 Å². The Morgan fingerprint density at radius 3 is 2.62 bits per heavy atom. The van der Waals surface area contributed by atoms with Crippen LogP contribution in [0.2, 0.25) is 0 Å². The van der Waals surface area contributed by atoms with Gasteiger partial charge in [-0.2, -0.15) is 5.26 Å². The van der Waals surface area contributed by atoms with E-state index in [0.29, 0.717) is 6.61 Å². The number of unbranched alkanes of at least 4 members (excludes halogenated alkanes) is 2. The molecular formula is C20H30N2O2. The molecule has 0 aliphatic carbocycles. The normalized spacial score (nSPS) is 25.6. The second-order valence-corrected chi connectivity index (χ2v) is 7.31. The number of ether oxygens (including phenoxy) is 2. The summed E-state index contributed by atoms with van der Waals surface area (Å²) in [5.41, 5.74) is 0.543. The van der Waals surface area contributed by atoms with E-state index in [2.05, 4.69) is 30.4 Å². The fourth-order valence-electron chi connectivity index (χ4n) is 3.16. The summed E-state index contributed by atoms with van der Waals surface area (Å²) in [4.78, 5) is 0. The van der Waals surface area contributed by atoms with Crippen LogP contribution in [-0.4, -0.2) is 24.0 Å². The smallest absolute Gasteiger partial charge is 0.163 e. The Labute approximate surface area is 146 Å². The van der Waals surface area contributed by atoms with E-state index in [-0.39, 0.29) is 12.1 Å². The number of nitriles is 1. The van der Waals surface area contributed by atoms with Gasteiger partial charge in [-0.25, -0.2) is 0 Å². The minimum Gasteiger partial charge on any atom is -0.349 e. The van der Waals surface area contributed by atoms with E-state index < -0.39 is 11.3 Å². The molecule has 1 aromatic rings. The molecule has 4 heteroatoms. The van der Waals surface area contributed by atoms with Crippen molar-refractivity contribution in [3.05, 3.63) is 35.9 Å². The monoisotopic (exact) mass is 330 g/mol. The lowest BCUT2D eigenvalue weighted by atomic mass is 9.92. The van der Waals surface area contributed by atoms with Crippen molar-refractivity contribution >= 4 is 0 Å². The molecule has 0 spiro atoms. The van der Waals surface area contributed by atoms with Crippen LogP contribution in [0, 0.1) is 11.3 Å². The summed E-state index contributed by atoms with van der Waals surface area (Å²) in [6.07, 6.45) is 4.04. The first-order valence-corrected chi connectivity index (χ1v) is 8.95. The number of nitrogens with one attached hydrogen (secondary N) is 1. The van der Waals surface area contributed by atoms with Gasteiger partial charge in [0.15, 0.2) is 5.79 Å². The Balaban J connectivity index is 2.15. The lowest BCUT2D eigenvalue weighted by Gasteiger charge is -2.43. The highest BCUT2D eigenvalue weighted by Crippen LogP contribution is 2.34. The average molecular weight is 330 g/mol. The van der Waals surface area contributed by atoms with Crippen LogP contribution in [0.5, 0.6) is 0 Å². The van der Waals surface area contributed by atoms with Crippen molar-refractivity contribution in [1.29, 1.82) is 5.26 Å². The van der Waals surface area contributed by atoms with E-state index in [1.807, 2.05) is 39.0 Å². The fourth-order valence-corrected chi connectivity index (χ4v) is 3.16. The SMILES string of the molecule is CCCCC[C@](C)(C#N)N[C@H]1COC(C)(C)O[C@H]1c1ccccc1. The van der Waals surface area contributed by atoms with Crippen molar-refractivity contribution < 1.29 is 9.47 Å². The Bertz CT molecular complexity index is 553. The van der Waals surface area contributed by atoms with Gasteiger partial charge >= 0.3 is 0 Å². The Morgan fingerprint density at radius 1 is 1.29 bits per heavy atom. The zero-order chi connectivity index (χ0) is 17.6. The second-order valence-electron chi connectivity index (χ2n) is 7.31. The quantitative estimate of drug-likeness (QED) is 0.756. The predicted molar refractivity (Wildman–Crippen MR) is 95.4 cm³/mol. The van der Waals surface area contributed by atoms with Gasteiger partial charge in [-0.1, -0.05) is 56.5 Å². The number of hydrogen-bond donors (Lipinski definition) is 1. The van der Waals surface area contributed by atoms with Crippen LogP contribution in [0.1, 0.15) is 65.0 Å². The molecule has 0 radical (unpaired) electrons. The minimum absolute atomic E-state index is 0.0494. The zero-order valence-electron chi connectivity index (χ0n) is 15.3. The number of hydrogen-bond acceptors (Lipinski definition) is 4. The Morgan fingerprint density at radius 2 is 2.00 bits per heavy atom. The highest BCUT2D eigenvalue weighted by Gasteiger charge is 2.40. The van der Waals surface area contributed by atoms with Crippen LogP contribution in [0.25, 0.3) is 0 Å². The molecule has 1 aliphatic heterocycles. The zero-order valence-corrected chi connectivity index (χ0v) is 15.3. The molecule has 0 aromatic heterocycles. The van der Waals surface area contributed by atoms with Crippen LogP contribution in [0.3, 0.4) is 0 Å². The van der Waals surface area contributed by atoms with E-state index in [1.54, 1.807) is 0 Å². The molecule has 0 unspecified atom stereocenters. The van der Waals surface area contributed by atoms with Gasteiger partial charge in [0, 0.05) is 0 Å². The molecule has 24 heavy (non-hydrogen) atoms.